The van der Waals surface area contributed by atoms with Crippen LogP contribution in [0.1, 0.15) is 11.1 Å². The van der Waals surface area contributed by atoms with Crippen molar-refractivity contribution in [1.29, 1.82) is 0 Å². The van der Waals surface area contributed by atoms with Crippen LogP contribution in [0.3, 0.4) is 0 Å². The minimum absolute atomic E-state index is 0.251. The summed E-state index contributed by atoms with van der Waals surface area (Å²) in [4.78, 5) is 24.3. The average Bonchev–Trinajstić information content (AvgIpc) is 2.92. The van der Waals surface area contributed by atoms with Gasteiger partial charge in [-0.15, -0.1) is 0 Å². The number of hydrogen-bond donors (Lipinski definition) is 2. The maximum atomic E-state index is 12.1. The van der Waals surface area contributed by atoms with E-state index in [0.29, 0.717) is 34.1 Å². The molecule has 0 saturated heterocycles. The highest BCUT2D eigenvalue weighted by Gasteiger charge is 2.09. The minimum atomic E-state index is -0.452. The highest BCUT2D eigenvalue weighted by atomic mass is 79.9. The third kappa shape index (κ3) is 8.89. The van der Waals surface area contributed by atoms with Crippen molar-refractivity contribution in [2.45, 2.75) is 0 Å². The zero-order valence-electron chi connectivity index (χ0n) is 20.4. The molecule has 0 aromatic heterocycles. The van der Waals surface area contributed by atoms with E-state index in [0.717, 1.165) is 8.95 Å². The number of hydrazone groups is 2. The zero-order chi connectivity index (χ0) is 27.3. The van der Waals surface area contributed by atoms with Crippen molar-refractivity contribution in [3.8, 4) is 23.0 Å². The van der Waals surface area contributed by atoms with E-state index in [2.05, 4.69) is 52.9 Å². The molecule has 0 radical (unpaired) electrons. The van der Waals surface area contributed by atoms with E-state index in [9.17, 15) is 9.59 Å². The number of ether oxygens (including phenoxy) is 4. The first-order chi connectivity index (χ1) is 18.4. The smallest absolute Gasteiger partial charge is 0.277 e. The number of halogens is 2. The number of hydrogen-bond acceptors (Lipinski definition) is 8. The fourth-order valence-corrected chi connectivity index (χ4v) is 3.65. The van der Waals surface area contributed by atoms with Crippen LogP contribution in [0.25, 0.3) is 0 Å². The molecule has 0 saturated carbocycles. The van der Waals surface area contributed by atoms with Crippen molar-refractivity contribution in [3.63, 3.8) is 0 Å². The van der Waals surface area contributed by atoms with Gasteiger partial charge in [-0.3, -0.25) is 9.59 Å². The molecule has 0 bridgehead atoms. The van der Waals surface area contributed by atoms with Crippen LogP contribution in [-0.4, -0.2) is 51.7 Å². The molecule has 3 aromatic carbocycles. The third-order valence-electron chi connectivity index (χ3n) is 4.75. The Morgan fingerprint density at radius 3 is 1.53 bits per heavy atom. The maximum Gasteiger partial charge on any atom is 0.277 e. The molecule has 0 atom stereocenters. The second kappa shape index (κ2) is 14.7. The van der Waals surface area contributed by atoms with E-state index >= 15 is 0 Å². The molecular formula is C26H24Br2N4O6. The molecule has 10 nitrogen and oxygen atoms in total. The number of amides is 2. The normalized spacial score (nSPS) is 10.8. The van der Waals surface area contributed by atoms with Crippen LogP contribution < -0.4 is 29.8 Å². The van der Waals surface area contributed by atoms with Gasteiger partial charge >= 0.3 is 0 Å². The fraction of sp³-hybridized carbons (Fsp3) is 0.154. The van der Waals surface area contributed by atoms with Crippen molar-refractivity contribution in [3.05, 3.63) is 80.7 Å². The maximum absolute atomic E-state index is 12.1. The summed E-state index contributed by atoms with van der Waals surface area (Å²) in [6.07, 6.45) is 2.93. The zero-order valence-corrected chi connectivity index (χ0v) is 23.6. The number of rotatable bonds is 12. The summed E-state index contributed by atoms with van der Waals surface area (Å²) in [7, 11) is 3.03. The van der Waals surface area contributed by atoms with Crippen molar-refractivity contribution in [2.24, 2.45) is 10.2 Å². The summed E-state index contributed by atoms with van der Waals surface area (Å²) in [5.41, 5.74) is 6.14. The van der Waals surface area contributed by atoms with Crippen LogP contribution in [0.2, 0.25) is 0 Å². The van der Waals surface area contributed by atoms with Crippen molar-refractivity contribution >= 4 is 56.1 Å². The molecule has 2 amide bonds. The number of carbonyl (C=O) groups is 2. The molecule has 0 aliphatic rings. The number of benzene rings is 3. The van der Waals surface area contributed by atoms with E-state index in [1.54, 1.807) is 48.5 Å². The van der Waals surface area contributed by atoms with Gasteiger partial charge in [0.15, 0.2) is 36.2 Å². The molecule has 0 aliphatic carbocycles. The lowest BCUT2D eigenvalue weighted by Crippen LogP contribution is -2.25. The fourth-order valence-electron chi connectivity index (χ4n) is 2.97. The lowest BCUT2D eigenvalue weighted by Gasteiger charge is -2.10. The highest BCUT2D eigenvalue weighted by molar-refractivity contribution is 9.10. The molecule has 12 heteroatoms. The first-order valence-corrected chi connectivity index (χ1v) is 12.6. The Bertz CT molecular complexity index is 1230. The summed E-state index contributed by atoms with van der Waals surface area (Å²) in [5.74, 6) is 0.949. The second-order valence-electron chi connectivity index (χ2n) is 7.38. The van der Waals surface area contributed by atoms with E-state index in [-0.39, 0.29) is 13.2 Å². The largest absolute Gasteiger partial charge is 0.493 e. The lowest BCUT2D eigenvalue weighted by molar-refractivity contribution is -0.123. The minimum Gasteiger partial charge on any atom is -0.493 e. The Hall–Kier alpha value is -3.90. The standard InChI is InChI=1S/C26H24Br2N4O6/c1-35-23-11-19(27)7-9-21(23)37-15-25(33)31-29-13-17-5-3-4-6-18(17)14-30-32-26(34)16-38-22-10-8-20(28)12-24(22)36-2/h3-14H,15-16H2,1-2H3,(H,31,33)(H,32,34)/b29-13-,30-14-. The molecule has 0 heterocycles. The van der Waals surface area contributed by atoms with E-state index in [1.807, 2.05) is 12.1 Å². The predicted octanol–water partition coefficient (Wildman–Crippen LogP) is 4.29. The summed E-state index contributed by atoms with van der Waals surface area (Å²) in [5, 5.41) is 7.94. The topological polar surface area (TPSA) is 120 Å². The van der Waals surface area contributed by atoms with Gasteiger partial charge in [0.05, 0.1) is 26.6 Å². The Morgan fingerprint density at radius 2 is 1.13 bits per heavy atom. The second-order valence-corrected chi connectivity index (χ2v) is 9.21. The summed E-state index contributed by atoms with van der Waals surface area (Å²) < 4.78 is 23.1. The average molecular weight is 648 g/mol. The van der Waals surface area contributed by atoms with Gasteiger partial charge in [-0.2, -0.15) is 10.2 Å². The Morgan fingerprint density at radius 1 is 0.711 bits per heavy atom. The molecule has 0 unspecified atom stereocenters. The SMILES string of the molecule is COc1cc(Br)ccc1OCC(=O)N/N=C\c1ccccc1/C=N\NC(=O)COc1ccc(Br)cc1OC. The molecule has 2 N–H and O–H groups in total. The van der Waals surface area contributed by atoms with Crippen LogP contribution in [0, 0.1) is 0 Å². The van der Waals surface area contributed by atoms with Crippen LogP contribution in [-0.2, 0) is 9.59 Å². The molecule has 3 rings (SSSR count). The number of nitrogens with one attached hydrogen (secondary N) is 2. The van der Waals surface area contributed by atoms with Crippen LogP contribution in [0.4, 0.5) is 0 Å². The van der Waals surface area contributed by atoms with Crippen LogP contribution in [0.15, 0.2) is 79.8 Å². The van der Waals surface area contributed by atoms with E-state index < -0.39 is 11.8 Å². The molecular weight excluding hydrogens is 624 g/mol. The molecule has 198 valence electrons. The van der Waals surface area contributed by atoms with Gasteiger partial charge in [-0.1, -0.05) is 56.1 Å². The summed E-state index contributed by atoms with van der Waals surface area (Å²) >= 11 is 6.70. The molecule has 0 fully saturated rings. The predicted molar refractivity (Wildman–Crippen MR) is 150 cm³/mol. The van der Waals surface area contributed by atoms with Crippen LogP contribution >= 0.6 is 31.9 Å². The highest BCUT2D eigenvalue weighted by Crippen LogP contribution is 2.31. The van der Waals surface area contributed by atoms with Crippen molar-refractivity contribution < 1.29 is 28.5 Å². The Balaban J connectivity index is 1.49. The van der Waals surface area contributed by atoms with Gasteiger partial charge in [0.2, 0.25) is 0 Å². The molecule has 0 spiro atoms. The van der Waals surface area contributed by atoms with Gasteiger partial charge in [0.25, 0.3) is 11.8 Å². The molecule has 3 aromatic rings. The van der Waals surface area contributed by atoms with E-state index in [1.165, 1.54) is 26.6 Å². The Labute approximate surface area is 236 Å². The quantitative estimate of drug-likeness (QED) is 0.224. The monoisotopic (exact) mass is 646 g/mol. The van der Waals surface area contributed by atoms with Gasteiger partial charge in [0, 0.05) is 20.1 Å². The first-order valence-electron chi connectivity index (χ1n) is 11.0. The number of nitrogens with zero attached hydrogens (tertiary/aromatic N) is 2. The third-order valence-corrected chi connectivity index (χ3v) is 5.74. The van der Waals surface area contributed by atoms with Gasteiger partial charge < -0.3 is 18.9 Å². The Kier molecular flexibility index (Phi) is 11.1. The van der Waals surface area contributed by atoms with Gasteiger partial charge in [0.1, 0.15) is 0 Å². The summed E-state index contributed by atoms with van der Waals surface area (Å²) in [6.45, 7) is -0.503. The number of methoxy groups -OCH3 is 2. The van der Waals surface area contributed by atoms with E-state index in [4.69, 9.17) is 18.9 Å². The lowest BCUT2D eigenvalue weighted by atomic mass is 10.1. The van der Waals surface area contributed by atoms with Gasteiger partial charge in [-0.25, -0.2) is 10.9 Å². The van der Waals surface area contributed by atoms with Crippen molar-refractivity contribution in [1.82, 2.24) is 10.9 Å². The van der Waals surface area contributed by atoms with Gasteiger partial charge in [-0.05, 0) is 36.4 Å². The van der Waals surface area contributed by atoms with Crippen molar-refractivity contribution in [2.75, 3.05) is 27.4 Å². The number of carbonyl (C=O) groups excluding carboxylic acids is 2. The first kappa shape index (κ1) is 28.7. The molecule has 0 aliphatic heterocycles. The molecule has 38 heavy (non-hydrogen) atoms. The van der Waals surface area contributed by atoms with Crippen LogP contribution in [0.5, 0.6) is 23.0 Å². The summed E-state index contributed by atoms with van der Waals surface area (Å²) in [6, 6.07) is 17.6.